The quantitative estimate of drug-likeness (QED) is 0.548. The van der Waals surface area contributed by atoms with Crippen LogP contribution in [-0.2, 0) is 27.0 Å². The number of ether oxygens (including phenoxy) is 1. The second kappa shape index (κ2) is 10.1. The molecule has 1 aliphatic rings. The van der Waals surface area contributed by atoms with Crippen LogP contribution in [-0.4, -0.2) is 33.0 Å². The highest BCUT2D eigenvalue weighted by Gasteiger charge is 2.36. The predicted molar refractivity (Wildman–Crippen MR) is 130 cm³/mol. The van der Waals surface area contributed by atoms with Gasteiger partial charge in [0.1, 0.15) is 5.75 Å². The van der Waals surface area contributed by atoms with E-state index >= 15 is 0 Å². The minimum Gasteiger partial charge on any atom is -0.476 e. The van der Waals surface area contributed by atoms with Crippen LogP contribution in [0.15, 0.2) is 84.9 Å². The Bertz CT molecular complexity index is 1180. The lowest BCUT2D eigenvalue weighted by atomic mass is 10.1. The summed E-state index contributed by atoms with van der Waals surface area (Å²) in [4.78, 5) is 13.0. The fourth-order valence-electron chi connectivity index (χ4n) is 3.90. The van der Waals surface area contributed by atoms with Crippen LogP contribution in [0.2, 0.25) is 0 Å². The zero-order valence-electron chi connectivity index (χ0n) is 18.6. The lowest BCUT2D eigenvalue weighted by Gasteiger charge is -2.35. The van der Waals surface area contributed by atoms with E-state index in [0.717, 1.165) is 12.8 Å². The number of rotatable bonds is 8. The number of benzene rings is 3. The molecule has 7 heteroatoms. The smallest absolute Gasteiger partial charge is 0.263 e. The Morgan fingerprint density at radius 1 is 0.970 bits per heavy atom. The molecular weight excluding hydrogens is 436 g/mol. The Hall–Kier alpha value is -3.32. The normalized spacial score (nSPS) is 16.4. The Kier molecular flexibility index (Phi) is 6.99. The van der Waals surface area contributed by atoms with Gasteiger partial charge in [-0.15, -0.1) is 0 Å². The molecule has 3 aromatic carbocycles. The molecule has 0 spiro atoms. The first-order valence-corrected chi connectivity index (χ1v) is 12.7. The lowest BCUT2D eigenvalue weighted by Crippen LogP contribution is -2.52. The number of anilines is 1. The summed E-state index contributed by atoms with van der Waals surface area (Å²) in [5, 5.41) is 2.99. The maximum atomic E-state index is 13.3. The molecule has 1 amide bonds. The monoisotopic (exact) mass is 464 g/mol. The van der Waals surface area contributed by atoms with Gasteiger partial charge in [0.15, 0.2) is 6.10 Å². The van der Waals surface area contributed by atoms with Gasteiger partial charge in [-0.25, -0.2) is 8.42 Å². The van der Waals surface area contributed by atoms with Crippen LogP contribution < -0.4 is 14.4 Å². The minimum absolute atomic E-state index is 0.0661. The molecule has 2 unspecified atom stereocenters. The SMILES string of the molecule is CC(CCc1ccccc1)NC(=O)C1CN(S(=O)(=O)Cc2ccccc2)c2ccccc2O1. The number of fused-ring (bicyclic) bond motifs is 1. The van der Waals surface area contributed by atoms with Crippen molar-refractivity contribution in [2.45, 2.75) is 37.7 Å². The summed E-state index contributed by atoms with van der Waals surface area (Å²) in [6, 6.07) is 26.0. The van der Waals surface area contributed by atoms with Gasteiger partial charge in [0.2, 0.25) is 10.0 Å². The standard InChI is InChI=1S/C26H28N2O4S/c1-20(16-17-21-10-4-2-5-11-21)27-26(29)25-18-28(23-14-8-9-15-24(23)32-25)33(30,31)19-22-12-6-3-7-13-22/h2-15,20,25H,16-19H2,1H3,(H,27,29). The predicted octanol–water partition coefficient (Wildman–Crippen LogP) is 3.92. The Morgan fingerprint density at radius 2 is 1.58 bits per heavy atom. The minimum atomic E-state index is -3.72. The topological polar surface area (TPSA) is 75.7 Å². The lowest BCUT2D eigenvalue weighted by molar-refractivity contribution is -0.128. The first-order chi connectivity index (χ1) is 15.9. The summed E-state index contributed by atoms with van der Waals surface area (Å²) < 4.78 is 33.8. The van der Waals surface area contributed by atoms with Gasteiger partial charge < -0.3 is 10.1 Å². The molecule has 0 aliphatic carbocycles. The molecule has 0 bridgehead atoms. The second-order valence-electron chi connectivity index (χ2n) is 8.28. The van der Waals surface area contributed by atoms with Crippen LogP contribution in [0.4, 0.5) is 5.69 Å². The number of aryl methyl sites for hydroxylation is 1. The van der Waals surface area contributed by atoms with Crippen molar-refractivity contribution < 1.29 is 17.9 Å². The molecule has 172 valence electrons. The third-order valence-corrected chi connectivity index (χ3v) is 7.37. The van der Waals surface area contributed by atoms with E-state index in [1.54, 1.807) is 36.4 Å². The van der Waals surface area contributed by atoms with E-state index < -0.39 is 16.1 Å². The van der Waals surface area contributed by atoms with Gasteiger partial charge in [0, 0.05) is 6.04 Å². The fourth-order valence-corrected chi connectivity index (χ4v) is 5.48. The molecule has 0 radical (unpaired) electrons. The van der Waals surface area contributed by atoms with Crippen molar-refractivity contribution >= 4 is 21.6 Å². The van der Waals surface area contributed by atoms with Crippen LogP contribution in [0.3, 0.4) is 0 Å². The molecule has 0 fully saturated rings. The van der Waals surface area contributed by atoms with E-state index in [9.17, 15) is 13.2 Å². The number of para-hydroxylation sites is 2. The van der Waals surface area contributed by atoms with E-state index in [1.165, 1.54) is 9.87 Å². The van der Waals surface area contributed by atoms with Crippen molar-refractivity contribution in [3.63, 3.8) is 0 Å². The summed E-state index contributed by atoms with van der Waals surface area (Å²) in [7, 11) is -3.72. The maximum Gasteiger partial charge on any atom is 0.263 e. The molecule has 6 nitrogen and oxygen atoms in total. The molecule has 33 heavy (non-hydrogen) atoms. The summed E-state index contributed by atoms with van der Waals surface area (Å²) in [6.07, 6.45) is 0.688. The number of nitrogens with one attached hydrogen (secondary N) is 1. The van der Waals surface area contributed by atoms with Gasteiger partial charge in [0.05, 0.1) is 18.0 Å². The largest absolute Gasteiger partial charge is 0.476 e. The summed E-state index contributed by atoms with van der Waals surface area (Å²) in [5.41, 5.74) is 2.35. The van der Waals surface area contributed by atoms with Crippen LogP contribution in [0.5, 0.6) is 5.75 Å². The van der Waals surface area contributed by atoms with Crippen molar-refractivity contribution in [1.29, 1.82) is 0 Å². The number of hydrogen-bond donors (Lipinski definition) is 1. The van der Waals surface area contributed by atoms with Gasteiger partial charge >= 0.3 is 0 Å². The van der Waals surface area contributed by atoms with Gasteiger partial charge in [-0.3, -0.25) is 9.10 Å². The van der Waals surface area contributed by atoms with Crippen molar-refractivity contribution in [3.05, 3.63) is 96.1 Å². The molecule has 2 atom stereocenters. The van der Waals surface area contributed by atoms with E-state index in [0.29, 0.717) is 17.0 Å². The number of carbonyl (C=O) groups excluding carboxylic acids is 1. The number of sulfonamides is 1. The van der Waals surface area contributed by atoms with Gasteiger partial charge in [0.25, 0.3) is 5.91 Å². The van der Waals surface area contributed by atoms with Gasteiger partial charge in [-0.05, 0) is 43.0 Å². The maximum absolute atomic E-state index is 13.3. The van der Waals surface area contributed by atoms with Gasteiger partial charge in [-0.1, -0.05) is 72.8 Å². The summed E-state index contributed by atoms with van der Waals surface area (Å²) in [6.45, 7) is 1.88. The molecule has 1 aliphatic heterocycles. The first kappa shape index (κ1) is 22.9. The molecule has 3 aromatic rings. The second-order valence-corrected chi connectivity index (χ2v) is 10.2. The van der Waals surface area contributed by atoms with E-state index in [2.05, 4.69) is 17.4 Å². The number of hydrogen-bond acceptors (Lipinski definition) is 4. The first-order valence-electron chi connectivity index (χ1n) is 11.1. The highest BCUT2D eigenvalue weighted by molar-refractivity contribution is 7.92. The zero-order valence-corrected chi connectivity index (χ0v) is 19.4. The molecule has 1 heterocycles. The Balaban J connectivity index is 1.47. The molecule has 0 aromatic heterocycles. The molecule has 0 saturated carbocycles. The third-order valence-electron chi connectivity index (χ3n) is 5.65. The molecular formula is C26H28N2O4S. The third kappa shape index (κ3) is 5.73. The number of carbonyl (C=O) groups is 1. The van der Waals surface area contributed by atoms with Crippen LogP contribution >= 0.6 is 0 Å². The van der Waals surface area contributed by atoms with E-state index in [1.807, 2.05) is 43.3 Å². The average Bonchev–Trinajstić information content (AvgIpc) is 2.83. The molecule has 4 rings (SSSR count). The Morgan fingerprint density at radius 3 is 2.27 bits per heavy atom. The van der Waals surface area contributed by atoms with Crippen LogP contribution in [0.25, 0.3) is 0 Å². The molecule has 0 saturated heterocycles. The zero-order chi connectivity index (χ0) is 23.3. The van der Waals surface area contributed by atoms with Gasteiger partial charge in [-0.2, -0.15) is 0 Å². The van der Waals surface area contributed by atoms with Crippen molar-refractivity contribution in [2.75, 3.05) is 10.8 Å². The van der Waals surface area contributed by atoms with Crippen molar-refractivity contribution in [2.24, 2.45) is 0 Å². The number of amides is 1. The summed E-state index contributed by atoms with van der Waals surface area (Å²) in [5.74, 6) is -0.0771. The Labute approximate surface area is 195 Å². The highest BCUT2D eigenvalue weighted by atomic mass is 32.2. The molecule has 1 N–H and O–H groups in total. The van der Waals surface area contributed by atoms with Crippen molar-refractivity contribution in [3.8, 4) is 5.75 Å². The number of nitrogens with zero attached hydrogens (tertiary/aromatic N) is 1. The van der Waals surface area contributed by atoms with E-state index in [4.69, 9.17) is 4.74 Å². The fraction of sp³-hybridized carbons (Fsp3) is 0.269. The summed E-state index contributed by atoms with van der Waals surface area (Å²) >= 11 is 0. The average molecular weight is 465 g/mol. The van der Waals surface area contributed by atoms with E-state index in [-0.39, 0.29) is 24.2 Å². The highest BCUT2D eigenvalue weighted by Crippen LogP contribution is 2.35. The van der Waals surface area contributed by atoms with Crippen LogP contribution in [0, 0.1) is 0 Å². The van der Waals surface area contributed by atoms with Crippen LogP contribution in [0.1, 0.15) is 24.5 Å². The van der Waals surface area contributed by atoms with Crippen molar-refractivity contribution in [1.82, 2.24) is 5.32 Å².